The third kappa shape index (κ3) is 2.78. The molecule has 0 fully saturated rings. The number of hydrogen-bond donors (Lipinski definition) is 1. The van der Waals surface area contributed by atoms with E-state index >= 15 is 0 Å². The molecule has 0 atom stereocenters. The summed E-state index contributed by atoms with van der Waals surface area (Å²) in [7, 11) is 0. The fourth-order valence-electron chi connectivity index (χ4n) is 0.987. The van der Waals surface area contributed by atoms with Gasteiger partial charge >= 0.3 is 0 Å². The molecule has 0 aliphatic heterocycles. The van der Waals surface area contributed by atoms with Crippen molar-refractivity contribution in [3.05, 3.63) is 35.8 Å². The van der Waals surface area contributed by atoms with Gasteiger partial charge in [-0.15, -0.1) is 0 Å². The van der Waals surface area contributed by atoms with E-state index in [9.17, 15) is 4.79 Å². The van der Waals surface area contributed by atoms with Gasteiger partial charge in [0.25, 0.3) is 0 Å². The lowest BCUT2D eigenvalue weighted by Gasteiger charge is -1.99. The minimum atomic E-state index is -0.0805. The van der Waals surface area contributed by atoms with Crippen LogP contribution in [-0.2, 0) is 11.3 Å². The number of aryl methyl sites for hydroxylation is 1. The minimum absolute atomic E-state index is 0.0805. The van der Waals surface area contributed by atoms with Crippen LogP contribution in [-0.4, -0.2) is 5.91 Å². The Morgan fingerprint density at radius 1 is 1.69 bits per heavy atom. The van der Waals surface area contributed by atoms with E-state index in [1.54, 1.807) is 12.3 Å². The normalized spacial score (nSPS) is 10.6. The van der Waals surface area contributed by atoms with Gasteiger partial charge in [-0.1, -0.05) is 6.08 Å². The van der Waals surface area contributed by atoms with E-state index in [0.717, 1.165) is 11.3 Å². The first-order chi connectivity index (χ1) is 6.24. The minimum Gasteiger partial charge on any atom is -0.469 e. The molecule has 1 amide bonds. The number of nitrogens with one attached hydrogen (secondary N) is 1. The Labute approximate surface area is 77.4 Å². The highest BCUT2D eigenvalue weighted by Gasteiger charge is 2.01. The second-order valence-electron chi connectivity index (χ2n) is 2.72. The molecule has 1 aromatic rings. The van der Waals surface area contributed by atoms with Gasteiger partial charge in [0.1, 0.15) is 5.76 Å². The fourth-order valence-corrected chi connectivity index (χ4v) is 0.987. The number of carbonyl (C=O) groups is 1. The molecule has 70 valence electrons. The van der Waals surface area contributed by atoms with Gasteiger partial charge in [0, 0.05) is 12.1 Å². The maximum atomic E-state index is 11.0. The molecule has 0 radical (unpaired) electrons. The van der Waals surface area contributed by atoms with Gasteiger partial charge in [-0.3, -0.25) is 4.79 Å². The Morgan fingerprint density at radius 3 is 3.00 bits per heavy atom. The van der Waals surface area contributed by atoms with Crippen molar-refractivity contribution in [3.63, 3.8) is 0 Å². The van der Waals surface area contributed by atoms with Crippen molar-refractivity contribution in [2.75, 3.05) is 0 Å². The number of carbonyl (C=O) groups excluding carboxylic acids is 1. The summed E-state index contributed by atoms with van der Waals surface area (Å²) in [5, 5.41) is 2.74. The number of hydrogen-bond acceptors (Lipinski definition) is 2. The Hall–Kier alpha value is -1.51. The van der Waals surface area contributed by atoms with E-state index < -0.39 is 0 Å². The lowest BCUT2D eigenvalue weighted by atomic mass is 10.2. The molecular weight excluding hydrogens is 166 g/mol. The van der Waals surface area contributed by atoms with Crippen LogP contribution in [0.5, 0.6) is 0 Å². The number of amides is 1. The van der Waals surface area contributed by atoms with Crippen molar-refractivity contribution in [1.82, 2.24) is 5.32 Å². The van der Waals surface area contributed by atoms with Gasteiger partial charge in [-0.25, -0.2) is 0 Å². The molecule has 0 saturated carbocycles. The molecule has 1 N–H and O–H groups in total. The summed E-state index contributed by atoms with van der Waals surface area (Å²) >= 11 is 0. The van der Waals surface area contributed by atoms with Crippen molar-refractivity contribution in [3.8, 4) is 0 Å². The molecule has 0 aromatic carbocycles. The average molecular weight is 179 g/mol. The number of furan rings is 1. The summed E-state index contributed by atoms with van der Waals surface area (Å²) in [6.45, 7) is 4.20. The Kier molecular flexibility index (Phi) is 3.31. The smallest absolute Gasteiger partial charge is 0.243 e. The average Bonchev–Trinajstić information content (AvgIpc) is 2.48. The zero-order valence-corrected chi connectivity index (χ0v) is 7.83. The molecule has 1 rings (SSSR count). The van der Waals surface area contributed by atoms with Crippen molar-refractivity contribution < 1.29 is 9.21 Å². The third-order valence-electron chi connectivity index (χ3n) is 1.74. The largest absolute Gasteiger partial charge is 0.469 e. The molecule has 3 nitrogen and oxygen atoms in total. The van der Waals surface area contributed by atoms with E-state index in [4.69, 9.17) is 4.42 Å². The Bertz CT molecular complexity index is 312. The second kappa shape index (κ2) is 4.50. The van der Waals surface area contributed by atoms with Crippen molar-refractivity contribution in [1.29, 1.82) is 0 Å². The lowest BCUT2D eigenvalue weighted by molar-refractivity contribution is -0.116. The Morgan fingerprint density at radius 2 is 2.46 bits per heavy atom. The van der Waals surface area contributed by atoms with Crippen LogP contribution in [0.2, 0.25) is 0 Å². The van der Waals surface area contributed by atoms with E-state index in [1.807, 2.05) is 19.9 Å². The lowest BCUT2D eigenvalue weighted by Crippen LogP contribution is -2.20. The molecule has 0 unspecified atom stereocenters. The van der Waals surface area contributed by atoms with Crippen molar-refractivity contribution in [2.45, 2.75) is 20.4 Å². The quantitative estimate of drug-likeness (QED) is 0.718. The zero-order valence-electron chi connectivity index (χ0n) is 7.83. The molecular formula is C10H13NO2. The van der Waals surface area contributed by atoms with E-state index in [-0.39, 0.29) is 5.91 Å². The van der Waals surface area contributed by atoms with Gasteiger partial charge in [0.15, 0.2) is 0 Å². The van der Waals surface area contributed by atoms with E-state index in [2.05, 4.69) is 5.32 Å². The van der Waals surface area contributed by atoms with Gasteiger partial charge in [0.2, 0.25) is 5.91 Å². The summed E-state index contributed by atoms with van der Waals surface area (Å²) in [5.41, 5.74) is 1.01. The topological polar surface area (TPSA) is 42.2 Å². The van der Waals surface area contributed by atoms with Crippen LogP contribution < -0.4 is 5.32 Å². The maximum Gasteiger partial charge on any atom is 0.243 e. The zero-order chi connectivity index (χ0) is 9.68. The van der Waals surface area contributed by atoms with Crippen LogP contribution in [0, 0.1) is 6.92 Å². The molecule has 0 aliphatic rings. The maximum absolute atomic E-state index is 11.0. The first-order valence-corrected chi connectivity index (χ1v) is 4.17. The van der Waals surface area contributed by atoms with Crippen LogP contribution in [0.1, 0.15) is 18.2 Å². The highest BCUT2D eigenvalue weighted by molar-refractivity contribution is 5.87. The molecule has 0 bridgehead atoms. The van der Waals surface area contributed by atoms with Crippen LogP contribution in [0.4, 0.5) is 0 Å². The molecule has 0 aliphatic carbocycles. The first kappa shape index (κ1) is 9.58. The predicted molar refractivity (Wildman–Crippen MR) is 50.1 cm³/mol. The summed E-state index contributed by atoms with van der Waals surface area (Å²) in [6.07, 6.45) is 4.82. The summed E-state index contributed by atoms with van der Waals surface area (Å²) in [4.78, 5) is 11.0. The first-order valence-electron chi connectivity index (χ1n) is 4.17. The Balaban J connectivity index is 2.44. The van der Waals surface area contributed by atoms with Crippen LogP contribution >= 0.6 is 0 Å². The number of rotatable bonds is 3. The highest BCUT2D eigenvalue weighted by atomic mass is 16.3. The summed E-state index contributed by atoms with van der Waals surface area (Å²) < 4.78 is 5.09. The van der Waals surface area contributed by atoms with Crippen molar-refractivity contribution in [2.24, 2.45) is 0 Å². The summed E-state index contributed by atoms with van der Waals surface area (Å²) in [6, 6.07) is 1.85. The highest BCUT2D eigenvalue weighted by Crippen LogP contribution is 2.07. The molecule has 3 heteroatoms. The molecule has 1 heterocycles. The molecule has 0 spiro atoms. The predicted octanol–water partition coefficient (Wildman–Crippen LogP) is 1.78. The van der Waals surface area contributed by atoms with Gasteiger partial charge in [-0.05, 0) is 26.0 Å². The van der Waals surface area contributed by atoms with Crippen molar-refractivity contribution >= 4 is 5.91 Å². The van der Waals surface area contributed by atoms with Gasteiger partial charge in [0.05, 0.1) is 6.26 Å². The van der Waals surface area contributed by atoms with Crippen LogP contribution in [0.25, 0.3) is 0 Å². The van der Waals surface area contributed by atoms with Crippen LogP contribution in [0.3, 0.4) is 0 Å². The second-order valence-corrected chi connectivity index (χ2v) is 2.72. The number of allylic oxidation sites excluding steroid dienone is 1. The standard InChI is InChI=1S/C10H13NO2/c1-3-4-10(12)11-7-9-5-6-13-8(9)2/h3-6H,7H2,1-2H3,(H,11,12)/b4-3+. The molecule has 1 aromatic heterocycles. The third-order valence-corrected chi connectivity index (χ3v) is 1.74. The van der Waals surface area contributed by atoms with E-state index in [0.29, 0.717) is 6.54 Å². The molecule has 13 heavy (non-hydrogen) atoms. The molecule has 0 saturated heterocycles. The van der Waals surface area contributed by atoms with E-state index in [1.165, 1.54) is 6.08 Å². The van der Waals surface area contributed by atoms with Crippen LogP contribution in [0.15, 0.2) is 28.9 Å². The van der Waals surface area contributed by atoms with Gasteiger partial charge in [-0.2, -0.15) is 0 Å². The monoisotopic (exact) mass is 179 g/mol. The van der Waals surface area contributed by atoms with Gasteiger partial charge < -0.3 is 9.73 Å². The summed E-state index contributed by atoms with van der Waals surface area (Å²) in [5.74, 6) is 0.767. The fraction of sp³-hybridized carbons (Fsp3) is 0.300. The SMILES string of the molecule is C/C=C/C(=O)NCc1ccoc1C.